The number of hydrogen-bond acceptors (Lipinski definition) is 6. The predicted octanol–water partition coefficient (Wildman–Crippen LogP) is 2.22. The van der Waals surface area contributed by atoms with Crippen molar-refractivity contribution in [1.82, 2.24) is 25.8 Å². The molecule has 146 valence electrons. The number of rotatable bonds is 2. The summed E-state index contributed by atoms with van der Waals surface area (Å²) >= 11 is 0. The number of alkyl halides is 3. The number of carbonyl (C=O) groups is 1. The largest absolute Gasteiger partial charge is 0.419 e. The highest BCUT2D eigenvalue weighted by atomic mass is 19.4. The van der Waals surface area contributed by atoms with Gasteiger partial charge in [-0.15, -0.1) is 5.53 Å². The van der Waals surface area contributed by atoms with Gasteiger partial charge in [0.15, 0.2) is 5.82 Å². The smallest absolute Gasteiger partial charge is 0.332 e. The van der Waals surface area contributed by atoms with E-state index in [0.717, 1.165) is 17.8 Å². The van der Waals surface area contributed by atoms with E-state index in [9.17, 15) is 22.4 Å². The molecule has 2 aliphatic rings. The second-order valence-electron chi connectivity index (χ2n) is 6.20. The van der Waals surface area contributed by atoms with Gasteiger partial charge in [0.25, 0.3) is 5.91 Å². The van der Waals surface area contributed by atoms with E-state index >= 15 is 0 Å². The summed E-state index contributed by atoms with van der Waals surface area (Å²) in [5.74, 6) is -1.81. The van der Waals surface area contributed by atoms with Crippen molar-refractivity contribution in [1.29, 1.82) is 0 Å². The average Bonchev–Trinajstić information content (AvgIpc) is 3.10. The standard InChI is InChI=1S/C17H14F4N6O/c18-15-10(2-1-3-11(15)17(19,20)21)16(28)26-7-4-13-12(9-26)24-25-27(13)14-8-22-5-6-23-14/h1-3,5-6,8,24-25H,4,7,9H2. The number of nitrogens with zero attached hydrogens (tertiary/aromatic N) is 4. The van der Waals surface area contributed by atoms with Crippen LogP contribution >= 0.6 is 0 Å². The summed E-state index contributed by atoms with van der Waals surface area (Å²) < 4.78 is 53.0. The van der Waals surface area contributed by atoms with E-state index in [1.54, 1.807) is 11.2 Å². The molecule has 7 nitrogen and oxygen atoms in total. The number of nitrogens with one attached hydrogen (secondary N) is 2. The minimum absolute atomic E-state index is 0.0909. The number of carbonyl (C=O) groups excluding carboxylic acids is 1. The summed E-state index contributed by atoms with van der Waals surface area (Å²) in [6.45, 7) is 0.307. The van der Waals surface area contributed by atoms with Gasteiger partial charge in [-0.2, -0.15) is 13.2 Å². The van der Waals surface area contributed by atoms with Crippen LogP contribution in [-0.4, -0.2) is 33.9 Å². The molecule has 0 fully saturated rings. The van der Waals surface area contributed by atoms with Gasteiger partial charge >= 0.3 is 6.18 Å². The normalized spacial score (nSPS) is 16.9. The number of amides is 1. The monoisotopic (exact) mass is 394 g/mol. The fraction of sp³-hybridized carbons (Fsp3) is 0.235. The van der Waals surface area contributed by atoms with E-state index in [2.05, 4.69) is 20.9 Å². The molecule has 0 saturated carbocycles. The molecule has 0 aliphatic carbocycles. The molecule has 0 radical (unpaired) electrons. The molecule has 4 rings (SSSR count). The first kappa shape index (κ1) is 18.2. The third kappa shape index (κ3) is 3.13. The van der Waals surface area contributed by atoms with Crippen LogP contribution in [0.2, 0.25) is 0 Å². The summed E-state index contributed by atoms with van der Waals surface area (Å²) in [5, 5.41) is 1.68. The van der Waals surface area contributed by atoms with Crippen molar-refractivity contribution in [3.05, 3.63) is 65.1 Å². The second-order valence-corrected chi connectivity index (χ2v) is 6.20. The van der Waals surface area contributed by atoms with E-state index in [1.165, 1.54) is 17.3 Å². The number of anilines is 1. The molecule has 2 aromatic rings. The lowest BCUT2D eigenvalue weighted by molar-refractivity contribution is -0.140. The number of benzene rings is 1. The van der Waals surface area contributed by atoms with Crippen LogP contribution in [0.1, 0.15) is 22.3 Å². The Morgan fingerprint density at radius 1 is 1.21 bits per heavy atom. The summed E-state index contributed by atoms with van der Waals surface area (Å²) in [6.07, 6.45) is 0.155. The minimum atomic E-state index is -4.87. The zero-order valence-electron chi connectivity index (χ0n) is 14.3. The molecule has 0 unspecified atom stereocenters. The fourth-order valence-corrected chi connectivity index (χ4v) is 3.16. The van der Waals surface area contributed by atoms with Gasteiger partial charge in [-0.1, -0.05) is 6.07 Å². The summed E-state index contributed by atoms with van der Waals surface area (Å²) in [7, 11) is 0. The Balaban J connectivity index is 1.57. The van der Waals surface area contributed by atoms with Crippen LogP contribution in [0.3, 0.4) is 0 Å². The quantitative estimate of drug-likeness (QED) is 0.762. The van der Waals surface area contributed by atoms with Crippen LogP contribution in [-0.2, 0) is 6.18 Å². The number of aromatic nitrogens is 2. The van der Waals surface area contributed by atoms with Crippen LogP contribution in [0.25, 0.3) is 0 Å². The Bertz CT molecular complexity index is 946. The van der Waals surface area contributed by atoms with Crippen molar-refractivity contribution in [3.8, 4) is 0 Å². The van der Waals surface area contributed by atoms with Crippen molar-refractivity contribution in [2.75, 3.05) is 18.1 Å². The van der Waals surface area contributed by atoms with Gasteiger partial charge in [0, 0.05) is 25.4 Å². The molecule has 11 heteroatoms. The van der Waals surface area contributed by atoms with Gasteiger partial charge in [-0.05, 0) is 12.1 Å². The van der Waals surface area contributed by atoms with E-state index in [0.29, 0.717) is 24.0 Å². The molecular weight excluding hydrogens is 380 g/mol. The fourth-order valence-electron chi connectivity index (χ4n) is 3.16. The SMILES string of the molecule is O=C(c1cccc(C(F)(F)F)c1F)N1CCC2=C(C1)NNN2c1cnccn1. The predicted molar refractivity (Wildman–Crippen MR) is 89.7 cm³/mol. The van der Waals surface area contributed by atoms with Gasteiger partial charge < -0.3 is 10.3 Å². The molecular formula is C17H14F4N6O. The van der Waals surface area contributed by atoms with E-state index < -0.39 is 29.0 Å². The maximum Gasteiger partial charge on any atom is 0.419 e. The molecule has 28 heavy (non-hydrogen) atoms. The van der Waals surface area contributed by atoms with E-state index in [4.69, 9.17) is 0 Å². The van der Waals surface area contributed by atoms with Gasteiger partial charge in [0.2, 0.25) is 0 Å². The first-order valence-electron chi connectivity index (χ1n) is 8.31. The third-order valence-corrected chi connectivity index (χ3v) is 4.50. The lowest BCUT2D eigenvalue weighted by Gasteiger charge is -2.29. The second kappa shape index (κ2) is 6.75. The van der Waals surface area contributed by atoms with Crippen molar-refractivity contribution in [2.24, 2.45) is 0 Å². The molecule has 0 atom stereocenters. The van der Waals surface area contributed by atoms with Crippen molar-refractivity contribution >= 4 is 11.7 Å². The lowest BCUT2D eigenvalue weighted by Crippen LogP contribution is -2.39. The molecule has 1 aromatic heterocycles. The van der Waals surface area contributed by atoms with Gasteiger partial charge in [-0.25, -0.2) is 14.4 Å². The Hall–Kier alpha value is -3.21. The minimum Gasteiger partial charge on any atom is -0.332 e. The summed E-state index contributed by atoms with van der Waals surface area (Å²) in [6, 6.07) is 2.70. The number of hydrogen-bond donors (Lipinski definition) is 2. The first-order chi connectivity index (χ1) is 13.4. The Morgan fingerprint density at radius 2 is 2.04 bits per heavy atom. The molecule has 2 N–H and O–H groups in total. The van der Waals surface area contributed by atoms with Crippen LogP contribution in [0, 0.1) is 5.82 Å². The Labute approximate surface area is 156 Å². The molecule has 0 bridgehead atoms. The molecule has 2 aliphatic heterocycles. The maximum absolute atomic E-state index is 14.3. The molecule has 1 amide bonds. The Morgan fingerprint density at radius 3 is 2.75 bits per heavy atom. The molecule has 3 heterocycles. The van der Waals surface area contributed by atoms with E-state index in [-0.39, 0.29) is 13.1 Å². The van der Waals surface area contributed by atoms with E-state index in [1.807, 2.05) is 0 Å². The highest BCUT2D eigenvalue weighted by Crippen LogP contribution is 2.33. The summed E-state index contributed by atoms with van der Waals surface area (Å²) in [5.41, 5.74) is 5.24. The first-order valence-corrected chi connectivity index (χ1v) is 8.31. The van der Waals surface area contributed by atoms with Crippen molar-refractivity contribution in [3.63, 3.8) is 0 Å². The van der Waals surface area contributed by atoms with Crippen molar-refractivity contribution in [2.45, 2.75) is 12.6 Å². The Kier molecular flexibility index (Phi) is 4.38. The van der Waals surface area contributed by atoms with Crippen LogP contribution in [0.15, 0.2) is 48.2 Å². The average molecular weight is 394 g/mol. The van der Waals surface area contributed by atoms with Gasteiger partial charge in [0.1, 0.15) is 5.82 Å². The van der Waals surface area contributed by atoms with Crippen LogP contribution < -0.4 is 16.0 Å². The van der Waals surface area contributed by atoms with Gasteiger partial charge in [0.05, 0.1) is 35.3 Å². The van der Waals surface area contributed by atoms with Crippen LogP contribution in [0.4, 0.5) is 23.4 Å². The number of halogens is 4. The molecule has 0 saturated heterocycles. The lowest BCUT2D eigenvalue weighted by atomic mass is 10.1. The summed E-state index contributed by atoms with van der Waals surface area (Å²) in [4.78, 5) is 22.1. The van der Waals surface area contributed by atoms with Gasteiger partial charge in [-0.3, -0.25) is 9.78 Å². The van der Waals surface area contributed by atoms with Crippen molar-refractivity contribution < 1.29 is 22.4 Å². The maximum atomic E-state index is 14.3. The molecule has 1 aromatic carbocycles. The van der Waals surface area contributed by atoms with Crippen LogP contribution in [0.5, 0.6) is 0 Å². The third-order valence-electron chi connectivity index (χ3n) is 4.50. The topological polar surface area (TPSA) is 73.4 Å². The molecule has 0 spiro atoms. The highest BCUT2D eigenvalue weighted by Gasteiger charge is 2.37. The zero-order chi connectivity index (χ0) is 19.9. The zero-order valence-corrected chi connectivity index (χ0v) is 14.3. The number of hydrazine groups is 2. The highest BCUT2D eigenvalue weighted by molar-refractivity contribution is 5.95.